The smallest absolute Gasteiger partial charge is 0.0594 e. The van der Waals surface area contributed by atoms with Gasteiger partial charge in [-0.1, -0.05) is 32.9 Å². The number of fused-ring (bicyclic) bond motifs is 1. The second-order valence-corrected chi connectivity index (χ2v) is 6.87. The van der Waals surface area contributed by atoms with Crippen molar-refractivity contribution in [2.75, 3.05) is 6.61 Å². The van der Waals surface area contributed by atoms with Crippen LogP contribution in [0, 0.1) is 22.7 Å². The van der Waals surface area contributed by atoms with Crippen LogP contribution in [0.15, 0.2) is 12.2 Å². The monoisotopic (exact) mass is 238 g/mol. The second-order valence-electron chi connectivity index (χ2n) is 6.87. The molecule has 17 heavy (non-hydrogen) atoms. The van der Waals surface area contributed by atoms with E-state index in [1.165, 1.54) is 5.57 Å². The van der Waals surface area contributed by atoms with Crippen molar-refractivity contribution < 1.29 is 10.2 Å². The van der Waals surface area contributed by atoms with Crippen LogP contribution in [0.4, 0.5) is 0 Å². The third-order valence-corrected chi connectivity index (χ3v) is 5.73. The number of aliphatic hydroxyl groups excluding tert-OH is 2. The van der Waals surface area contributed by atoms with Crippen molar-refractivity contribution >= 4 is 0 Å². The molecule has 2 saturated carbocycles. The minimum Gasteiger partial charge on any atom is -0.396 e. The van der Waals surface area contributed by atoms with Crippen LogP contribution in [-0.4, -0.2) is 22.9 Å². The maximum Gasteiger partial charge on any atom is 0.0594 e. The molecule has 0 bridgehead atoms. The van der Waals surface area contributed by atoms with Crippen molar-refractivity contribution in [1.29, 1.82) is 0 Å². The fourth-order valence-electron chi connectivity index (χ4n) is 4.50. The van der Waals surface area contributed by atoms with Crippen LogP contribution < -0.4 is 0 Å². The molecule has 98 valence electrons. The molecule has 0 aliphatic heterocycles. The minimum absolute atomic E-state index is 0.0406. The van der Waals surface area contributed by atoms with E-state index in [0.717, 1.165) is 25.7 Å². The molecular weight excluding hydrogens is 212 g/mol. The third-order valence-electron chi connectivity index (χ3n) is 5.73. The summed E-state index contributed by atoms with van der Waals surface area (Å²) in [4.78, 5) is 0. The number of rotatable bonds is 1. The molecule has 0 spiro atoms. The minimum atomic E-state index is -0.203. The van der Waals surface area contributed by atoms with Crippen LogP contribution in [0.1, 0.15) is 46.5 Å². The van der Waals surface area contributed by atoms with Gasteiger partial charge in [0, 0.05) is 5.92 Å². The zero-order chi connectivity index (χ0) is 12.8. The molecule has 0 aromatic rings. The maximum absolute atomic E-state index is 10.2. The number of hydrogen-bond acceptors (Lipinski definition) is 2. The molecule has 2 aliphatic carbocycles. The highest BCUT2D eigenvalue weighted by Crippen LogP contribution is 2.60. The Kier molecular flexibility index (Phi) is 3.16. The first kappa shape index (κ1) is 13.1. The lowest BCUT2D eigenvalue weighted by Gasteiger charge is -2.59. The van der Waals surface area contributed by atoms with Gasteiger partial charge in [-0.2, -0.15) is 0 Å². The average Bonchev–Trinajstić information content (AvgIpc) is 2.24. The summed E-state index contributed by atoms with van der Waals surface area (Å²) in [5, 5.41) is 19.9. The molecule has 2 aliphatic rings. The lowest BCUT2D eigenvalue weighted by molar-refractivity contribution is -0.130. The van der Waals surface area contributed by atoms with Gasteiger partial charge in [0.05, 0.1) is 12.7 Å². The molecule has 0 aromatic heterocycles. The van der Waals surface area contributed by atoms with Crippen LogP contribution in [-0.2, 0) is 0 Å². The lowest BCUT2D eigenvalue weighted by atomic mass is 9.47. The van der Waals surface area contributed by atoms with Crippen LogP contribution in [0.2, 0.25) is 0 Å². The van der Waals surface area contributed by atoms with Crippen molar-refractivity contribution in [2.45, 2.75) is 52.6 Å². The van der Waals surface area contributed by atoms with Crippen LogP contribution in [0.25, 0.3) is 0 Å². The highest BCUT2D eigenvalue weighted by atomic mass is 16.3. The van der Waals surface area contributed by atoms with E-state index in [-0.39, 0.29) is 29.5 Å². The molecule has 0 unspecified atom stereocenters. The van der Waals surface area contributed by atoms with E-state index in [0.29, 0.717) is 5.92 Å². The molecule has 2 rings (SSSR count). The molecule has 2 N–H and O–H groups in total. The Bertz CT molecular complexity index is 321. The van der Waals surface area contributed by atoms with E-state index in [1.807, 2.05) is 0 Å². The Morgan fingerprint density at radius 1 is 1.29 bits per heavy atom. The van der Waals surface area contributed by atoms with Crippen molar-refractivity contribution in [3.8, 4) is 0 Å². The average molecular weight is 238 g/mol. The summed E-state index contributed by atoms with van der Waals surface area (Å²) < 4.78 is 0. The molecule has 0 radical (unpaired) electrons. The van der Waals surface area contributed by atoms with Crippen LogP contribution in [0.5, 0.6) is 0 Å². The van der Waals surface area contributed by atoms with Gasteiger partial charge in [0.1, 0.15) is 0 Å². The Balaban J connectivity index is 2.37. The molecule has 0 saturated heterocycles. The van der Waals surface area contributed by atoms with Gasteiger partial charge in [0.25, 0.3) is 0 Å². The number of aliphatic hydroxyl groups is 2. The molecule has 0 heterocycles. The molecular formula is C15H26O2. The summed E-state index contributed by atoms with van der Waals surface area (Å²) in [5.74, 6) is 0.703. The Morgan fingerprint density at radius 3 is 2.53 bits per heavy atom. The first-order chi connectivity index (χ1) is 7.84. The second kappa shape index (κ2) is 4.10. The summed E-state index contributed by atoms with van der Waals surface area (Å²) in [6.07, 6.45) is 3.76. The normalized spacial score (nSPS) is 45.5. The highest BCUT2D eigenvalue weighted by Gasteiger charge is 2.55. The number of hydrogen-bond donors (Lipinski definition) is 2. The van der Waals surface area contributed by atoms with Gasteiger partial charge in [-0.15, -0.1) is 0 Å². The molecule has 2 heteroatoms. The highest BCUT2D eigenvalue weighted by molar-refractivity contribution is 5.16. The summed E-state index contributed by atoms with van der Waals surface area (Å²) >= 11 is 0. The Labute approximate surface area is 105 Å². The first-order valence-electron chi connectivity index (χ1n) is 6.80. The molecule has 4 atom stereocenters. The largest absolute Gasteiger partial charge is 0.396 e. The van der Waals surface area contributed by atoms with E-state index >= 15 is 0 Å². The molecule has 0 amide bonds. The van der Waals surface area contributed by atoms with Crippen molar-refractivity contribution in [1.82, 2.24) is 0 Å². The summed E-state index contributed by atoms with van der Waals surface area (Å²) in [5.41, 5.74) is 1.28. The van der Waals surface area contributed by atoms with Crippen molar-refractivity contribution in [3.05, 3.63) is 12.2 Å². The summed E-state index contributed by atoms with van der Waals surface area (Å²) in [7, 11) is 0. The molecule has 0 aromatic carbocycles. The van der Waals surface area contributed by atoms with E-state index in [1.54, 1.807) is 0 Å². The van der Waals surface area contributed by atoms with Gasteiger partial charge in [-0.3, -0.25) is 0 Å². The van der Waals surface area contributed by atoms with Gasteiger partial charge in [0.15, 0.2) is 0 Å². The van der Waals surface area contributed by atoms with Gasteiger partial charge < -0.3 is 10.2 Å². The van der Waals surface area contributed by atoms with Gasteiger partial charge in [0.2, 0.25) is 0 Å². The first-order valence-corrected chi connectivity index (χ1v) is 6.80. The Morgan fingerprint density at radius 2 is 1.94 bits per heavy atom. The fraction of sp³-hybridized carbons (Fsp3) is 0.867. The van der Waals surface area contributed by atoms with E-state index < -0.39 is 0 Å². The topological polar surface area (TPSA) is 40.5 Å². The molecule has 2 nitrogen and oxygen atoms in total. The van der Waals surface area contributed by atoms with Gasteiger partial charge in [-0.25, -0.2) is 0 Å². The predicted octanol–water partition coefficient (Wildman–Crippen LogP) is 2.75. The predicted molar refractivity (Wildman–Crippen MR) is 69.6 cm³/mol. The summed E-state index contributed by atoms with van der Waals surface area (Å²) in [6, 6.07) is 0. The van der Waals surface area contributed by atoms with Crippen molar-refractivity contribution in [3.63, 3.8) is 0 Å². The SMILES string of the molecule is C=C1CC[C@H]2C(C)(C)[C@@H](O)CC[C@]2(C)[C@H]1CO. The van der Waals surface area contributed by atoms with E-state index in [9.17, 15) is 10.2 Å². The van der Waals surface area contributed by atoms with Crippen LogP contribution in [0.3, 0.4) is 0 Å². The zero-order valence-corrected chi connectivity index (χ0v) is 11.4. The zero-order valence-electron chi connectivity index (χ0n) is 11.4. The van der Waals surface area contributed by atoms with E-state index in [2.05, 4.69) is 27.4 Å². The summed E-state index contributed by atoms with van der Waals surface area (Å²) in [6.45, 7) is 11.0. The quantitative estimate of drug-likeness (QED) is 0.690. The van der Waals surface area contributed by atoms with Gasteiger partial charge >= 0.3 is 0 Å². The van der Waals surface area contributed by atoms with Crippen LogP contribution >= 0.6 is 0 Å². The van der Waals surface area contributed by atoms with Gasteiger partial charge in [-0.05, 0) is 42.4 Å². The van der Waals surface area contributed by atoms with Crippen molar-refractivity contribution in [2.24, 2.45) is 22.7 Å². The Hall–Kier alpha value is -0.340. The third kappa shape index (κ3) is 1.77. The lowest BCUT2D eigenvalue weighted by Crippen LogP contribution is -2.55. The standard InChI is InChI=1S/C15H26O2/c1-10-5-6-12-14(2,3)13(17)7-8-15(12,4)11(10)9-16/h11-13,16-17H,1,5-9H2,2-4H3/t11-,12-,13-,15+/m0/s1. The fourth-order valence-corrected chi connectivity index (χ4v) is 4.50. The molecule has 2 fully saturated rings. The maximum atomic E-state index is 10.2. The van der Waals surface area contributed by atoms with E-state index in [4.69, 9.17) is 0 Å².